The Kier molecular flexibility index (Phi) is 4.86. The van der Waals surface area contributed by atoms with Crippen molar-refractivity contribution in [2.24, 2.45) is 10.2 Å². The number of hydrogen-bond acceptors (Lipinski definition) is 4. The molecule has 1 aliphatic heterocycles. The highest BCUT2D eigenvalue weighted by Crippen LogP contribution is 2.20. The van der Waals surface area contributed by atoms with Crippen LogP contribution < -0.4 is 0 Å². The Balaban J connectivity index is 2.73. The monoisotopic (exact) mass is 267 g/mol. The fourth-order valence-electron chi connectivity index (χ4n) is 1.79. The van der Waals surface area contributed by atoms with Gasteiger partial charge in [-0.15, -0.1) is 0 Å². The highest BCUT2D eigenvalue weighted by molar-refractivity contribution is 5.68. The van der Waals surface area contributed by atoms with E-state index in [1.807, 2.05) is 0 Å². The molecule has 0 aromatic rings. The summed E-state index contributed by atoms with van der Waals surface area (Å²) in [6.07, 6.45) is -0.00230. The Morgan fingerprint density at radius 2 is 1.84 bits per heavy atom. The van der Waals surface area contributed by atoms with Crippen LogP contribution in [0.25, 0.3) is 20.9 Å². The maximum absolute atomic E-state index is 11.9. The number of rotatable bonds is 2. The van der Waals surface area contributed by atoms with Crippen molar-refractivity contribution in [1.29, 1.82) is 0 Å². The van der Waals surface area contributed by atoms with Gasteiger partial charge >= 0.3 is 6.09 Å². The second kappa shape index (κ2) is 6.17. The van der Waals surface area contributed by atoms with E-state index < -0.39 is 23.8 Å². The molecule has 9 heteroatoms. The number of hydrogen-bond donors (Lipinski definition) is 0. The topological polar surface area (TPSA) is 127 Å². The van der Waals surface area contributed by atoms with Crippen LogP contribution in [0.5, 0.6) is 0 Å². The first-order valence-corrected chi connectivity index (χ1v) is 5.93. The van der Waals surface area contributed by atoms with E-state index in [1.54, 1.807) is 20.8 Å². The number of amides is 1. The average molecular weight is 267 g/mol. The van der Waals surface area contributed by atoms with Gasteiger partial charge in [-0.2, -0.15) is 0 Å². The molecule has 1 amide bonds. The van der Waals surface area contributed by atoms with Gasteiger partial charge in [-0.25, -0.2) is 4.79 Å². The third-order valence-corrected chi connectivity index (χ3v) is 2.60. The van der Waals surface area contributed by atoms with Crippen LogP contribution in [0.4, 0.5) is 4.79 Å². The number of piperidine rings is 1. The first-order valence-electron chi connectivity index (χ1n) is 5.93. The van der Waals surface area contributed by atoms with Gasteiger partial charge in [0.05, 0.1) is 6.04 Å². The van der Waals surface area contributed by atoms with Crippen molar-refractivity contribution >= 4 is 6.09 Å². The van der Waals surface area contributed by atoms with Crippen LogP contribution in [0.3, 0.4) is 0 Å². The molecule has 1 fully saturated rings. The SMILES string of the molecule is CC(C)(C)OC(=O)N1CCC(N=[N+]=[N-])C(N=[N+]=[N-])C1. The molecule has 9 nitrogen and oxygen atoms in total. The lowest BCUT2D eigenvalue weighted by atomic mass is 10.0. The van der Waals surface area contributed by atoms with E-state index in [0.29, 0.717) is 13.0 Å². The fourth-order valence-corrected chi connectivity index (χ4v) is 1.79. The minimum Gasteiger partial charge on any atom is -0.444 e. The molecule has 0 saturated carbocycles. The molecule has 2 unspecified atom stereocenters. The van der Waals surface area contributed by atoms with Gasteiger partial charge in [-0.1, -0.05) is 10.2 Å². The van der Waals surface area contributed by atoms with Crippen molar-refractivity contribution in [1.82, 2.24) is 4.90 Å². The molecule has 0 aliphatic carbocycles. The zero-order valence-electron chi connectivity index (χ0n) is 11.2. The molecule has 0 aromatic carbocycles. The standard InChI is InChI=1S/C10H17N7O2/c1-10(2,3)19-9(18)17-5-4-7(13-15-11)8(6-17)14-16-12/h7-8H,4-6H2,1-3H3. The van der Waals surface area contributed by atoms with Crippen LogP contribution in [-0.2, 0) is 4.74 Å². The minimum atomic E-state index is -0.577. The molecule has 1 rings (SSSR count). The number of likely N-dealkylation sites (tertiary alicyclic amines) is 1. The van der Waals surface area contributed by atoms with Crippen molar-refractivity contribution in [3.63, 3.8) is 0 Å². The van der Waals surface area contributed by atoms with Gasteiger partial charge in [0.15, 0.2) is 0 Å². The summed E-state index contributed by atoms with van der Waals surface area (Å²) in [6, 6.07) is -0.971. The average Bonchev–Trinajstić information content (AvgIpc) is 2.29. The highest BCUT2D eigenvalue weighted by atomic mass is 16.6. The van der Waals surface area contributed by atoms with E-state index in [2.05, 4.69) is 20.1 Å². The van der Waals surface area contributed by atoms with Crippen molar-refractivity contribution < 1.29 is 9.53 Å². The van der Waals surface area contributed by atoms with Crippen LogP contribution in [0, 0.1) is 0 Å². The third kappa shape index (κ3) is 4.57. The molecule has 0 radical (unpaired) electrons. The molecule has 0 aromatic heterocycles. The summed E-state index contributed by atoms with van der Waals surface area (Å²) < 4.78 is 5.25. The van der Waals surface area contributed by atoms with Crippen LogP contribution in [0.1, 0.15) is 27.2 Å². The number of ether oxygens (including phenoxy) is 1. The fraction of sp³-hybridized carbons (Fsp3) is 0.900. The van der Waals surface area contributed by atoms with Crippen molar-refractivity contribution in [2.75, 3.05) is 13.1 Å². The maximum Gasteiger partial charge on any atom is 0.410 e. The van der Waals surface area contributed by atoms with Gasteiger partial charge in [-0.05, 0) is 38.3 Å². The lowest BCUT2D eigenvalue weighted by Gasteiger charge is -2.35. The summed E-state index contributed by atoms with van der Waals surface area (Å²) in [5.74, 6) is 0. The predicted octanol–water partition coefficient (Wildman–Crippen LogP) is 2.99. The quantitative estimate of drug-likeness (QED) is 0.433. The Hall–Kier alpha value is -2.11. The first kappa shape index (κ1) is 14.9. The highest BCUT2D eigenvalue weighted by Gasteiger charge is 2.32. The first-order chi connectivity index (χ1) is 8.87. The number of azide groups is 2. The second-order valence-electron chi connectivity index (χ2n) is 5.26. The summed E-state index contributed by atoms with van der Waals surface area (Å²) in [5.41, 5.74) is 16.4. The van der Waals surface area contributed by atoms with Crippen LogP contribution >= 0.6 is 0 Å². The zero-order valence-corrected chi connectivity index (χ0v) is 11.2. The normalized spacial score (nSPS) is 23.0. The molecule has 19 heavy (non-hydrogen) atoms. The minimum absolute atomic E-state index is 0.197. The molecule has 1 aliphatic rings. The van der Waals surface area contributed by atoms with E-state index in [0.717, 1.165) is 0 Å². The summed E-state index contributed by atoms with van der Waals surface area (Å²) >= 11 is 0. The molecule has 1 heterocycles. The van der Waals surface area contributed by atoms with E-state index in [9.17, 15) is 4.79 Å². The van der Waals surface area contributed by atoms with Gasteiger partial charge < -0.3 is 9.64 Å². The van der Waals surface area contributed by atoms with Crippen molar-refractivity contribution in [3.8, 4) is 0 Å². The van der Waals surface area contributed by atoms with Crippen molar-refractivity contribution in [3.05, 3.63) is 20.9 Å². The lowest BCUT2D eigenvalue weighted by Crippen LogP contribution is -2.48. The largest absolute Gasteiger partial charge is 0.444 e. The molecule has 0 bridgehead atoms. The lowest BCUT2D eigenvalue weighted by molar-refractivity contribution is 0.0189. The third-order valence-electron chi connectivity index (χ3n) is 2.60. The van der Waals surface area contributed by atoms with Crippen LogP contribution in [0.15, 0.2) is 10.2 Å². The molecular weight excluding hydrogens is 250 g/mol. The summed E-state index contributed by atoms with van der Waals surface area (Å²) in [5, 5.41) is 7.17. The van der Waals surface area contributed by atoms with Gasteiger partial charge in [-0.3, -0.25) is 0 Å². The Bertz CT molecular complexity index is 432. The summed E-state index contributed by atoms with van der Waals surface area (Å²) in [4.78, 5) is 18.8. The van der Waals surface area contributed by atoms with Crippen molar-refractivity contribution in [2.45, 2.75) is 44.9 Å². The van der Waals surface area contributed by atoms with E-state index in [-0.39, 0.29) is 6.54 Å². The van der Waals surface area contributed by atoms with Gasteiger partial charge in [0.1, 0.15) is 5.60 Å². The summed E-state index contributed by atoms with van der Waals surface area (Å²) in [6.45, 7) is 5.95. The molecule has 0 N–H and O–H groups in total. The van der Waals surface area contributed by atoms with E-state index in [1.165, 1.54) is 4.90 Å². The van der Waals surface area contributed by atoms with Gasteiger partial charge in [0.25, 0.3) is 0 Å². The van der Waals surface area contributed by atoms with E-state index >= 15 is 0 Å². The molecule has 1 saturated heterocycles. The molecule has 2 atom stereocenters. The smallest absolute Gasteiger partial charge is 0.410 e. The number of nitrogens with zero attached hydrogens (tertiary/aromatic N) is 7. The summed E-state index contributed by atoms with van der Waals surface area (Å²) in [7, 11) is 0. The maximum atomic E-state index is 11.9. The van der Waals surface area contributed by atoms with Gasteiger partial charge in [0.2, 0.25) is 0 Å². The van der Waals surface area contributed by atoms with Gasteiger partial charge in [0, 0.05) is 29.0 Å². The second-order valence-corrected chi connectivity index (χ2v) is 5.26. The Morgan fingerprint density at radius 1 is 1.26 bits per heavy atom. The molecule has 0 spiro atoms. The van der Waals surface area contributed by atoms with Crippen LogP contribution in [0.2, 0.25) is 0 Å². The number of carbonyl (C=O) groups is 1. The molecular formula is C10H17N7O2. The predicted molar refractivity (Wildman–Crippen MR) is 68.3 cm³/mol. The Morgan fingerprint density at radius 3 is 2.37 bits per heavy atom. The van der Waals surface area contributed by atoms with E-state index in [4.69, 9.17) is 15.8 Å². The number of carbonyl (C=O) groups excluding carboxylic acids is 1. The zero-order chi connectivity index (χ0) is 14.5. The Labute approximate surface area is 110 Å². The van der Waals surface area contributed by atoms with Crippen LogP contribution in [-0.4, -0.2) is 41.8 Å². The molecule has 104 valence electrons.